The van der Waals surface area contributed by atoms with Crippen molar-refractivity contribution in [2.75, 3.05) is 0 Å². The second-order valence-corrected chi connectivity index (χ2v) is 6.22. The summed E-state index contributed by atoms with van der Waals surface area (Å²) in [6.45, 7) is 6.70. The molecule has 1 heteroatoms. The standard InChI is InChI=1S/C21H28O/c1-4-9-17-11-8-12-18(20(17)10-5-2)15-16(3)19-13-6-7-14-21(19)22/h6-8,11-14,16,22H,4-5,9-10,15H2,1-3H3. The van der Waals surface area contributed by atoms with Gasteiger partial charge in [-0.1, -0.05) is 70.0 Å². The normalized spacial score (nSPS) is 12.3. The average molecular weight is 296 g/mol. The summed E-state index contributed by atoms with van der Waals surface area (Å²) < 4.78 is 0. The fraction of sp³-hybridized carbons (Fsp3) is 0.429. The fourth-order valence-electron chi connectivity index (χ4n) is 3.30. The van der Waals surface area contributed by atoms with Crippen molar-refractivity contribution in [2.24, 2.45) is 0 Å². The van der Waals surface area contributed by atoms with E-state index >= 15 is 0 Å². The summed E-state index contributed by atoms with van der Waals surface area (Å²) >= 11 is 0. The monoisotopic (exact) mass is 296 g/mol. The third-order valence-corrected chi connectivity index (χ3v) is 4.38. The number of phenolic OH excluding ortho intramolecular Hbond substituents is 1. The van der Waals surface area contributed by atoms with E-state index in [0.29, 0.717) is 11.7 Å². The lowest BCUT2D eigenvalue weighted by Gasteiger charge is -2.18. The average Bonchev–Trinajstić information content (AvgIpc) is 2.51. The first-order valence-electron chi connectivity index (χ1n) is 8.54. The summed E-state index contributed by atoms with van der Waals surface area (Å²) in [4.78, 5) is 0. The second-order valence-electron chi connectivity index (χ2n) is 6.22. The number of hydrogen-bond donors (Lipinski definition) is 1. The molecule has 0 aliphatic carbocycles. The molecule has 0 spiro atoms. The molecule has 0 aromatic heterocycles. The van der Waals surface area contributed by atoms with Gasteiger partial charge in [0.25, 0.3) is 0 Å². The van der Waals surface area contributed by atoms with E-state index in [1.54, 1.807) is 6.07 Å². The highest BCUT2D eigenvalue weighted by Crippen LogP contribution is 2.30. The highest BCUT2D eigenvalue weighted by atomic mass is 16.3. The van der Waals surface area contributed by atoms with Gasteiger partial charge in [-0.05, 0) is 53.5 Å². The number of para-hydroxylation sites is 1. The number of aryl methyl sites for hydroxylation is 1. The van der Waals surface area contributed by atoms with Crippen LogP contribution in [0.5, 0.6) is 5.75 Å². The molecule has 2 rings (SSSR count). The molecule has 1 nitrogen and oxygen atoms in total. The molecule has 2 aromatic carbocycles. The molecule has 0 fully saturated rings. The Bertz CT molecular complexity index is 601. The van der Waals surface area contributed by atoms with Crippen LogP contribution in [0.4, 0.5) is 0 Å². The van der Waals surface area contributed by atoms with Crippen molar-refractivity contribution in [3.63, 3.8) is 0 Å². The van der Waals surface area contributed by atoms with Crippen LogP contribution in [0.1, 0.15) is 61.8 Å². The number of rotatable bonds is 7. The first kappa shape index (κ1) is 16.6. The number of hydrogen-bond acceptors (Lipinski definition) is 1. The Morgan fingerprint density at radius 1 is 0.864 bits per heavy atom. The van der Waals surface area contributed by atoms with Gasteiger partial charge in [-0.15, -0.1) is 0 Å². The van der Waals surface area contributed by atoms with Gasteiger partial charge >= 0.3 is 0 Å². The molecule has 0 bridgehead atoms. The van der Waals surface area contributed by atoms with Crippen molar-refractivity contribution >= 4 is 0 Å². The van der Waals surface area contributed by atoms with Crippen molar-refractivity contribution < 1.29 is 5.11 Å². The molecule has 0 saturated heterocycles. The van der Waals surface area contributed by atoms with E-state index in [1.165, 1.54) is 29.5 Å². The molecule has 118 valence electrons. The van der Waals surface area contributed by atoms with E-state index < -0.39 is 0 Å². The minimum atomic E-state index is 0.327. The third-order valence-electron chi connectivity index (χ3n) is 4.38. The van der Waals surface area contributed by atoms with Gasteiger partial charge in [-0.2, -0.15) is 0 Å². The maximum absolute atomic E-state index is 10.1. The number of phenols is 1. The van der Waals surface area contributed by atoms with Crippen LogP contribution in [0.3, 0.4) is 0 Å². The molecule has 2 aromatic rings. The van der Waals surface area contributed by atoms with Gasteiger partial charge in [0, 0.05) is 0 Å². The summed E-state index contributed by atoms with van der Waals surface area (Å²) in [6, 6.07) is 14.4. The third kappa shape index (κ3) is 3.91. The molecule has 22 heavy (non-hydrogen) atoms. The maximum Gasteiger partial charge on any atom is 0.119 e. The van der Waals surface area contributed by atoms with Gasteiger partial charge in [0.05, 0.1) is 0 Å². The van der Waals surface area contributed by atoms with Gasteiger partial charge in [0.15, 0.2) is 0 Å². The maximum atomic E-state index is 10.1. The Labute approximate surface area is 135 Å². The van der Waals surface area contributed by atoms with Crippen LogP contribution in [-0.2, 0) is 19.3 Å². The smallest absolute Gasteiger partial charge is 0.119 e. The summed E-state index contributed by atoms with van der Waals surface area (Å²) in [6.07, 6.45) is 5.67. The molecular weight excluding hydrogens is 268 g/mol. The van der Waals surface area contributed by atoms with E-state index in [0.717, 1.165) is 24.8 Å². The van der Waals surface area contributed by atoms with Crippen LogP contribution in [-0.4, -0.2) is 5.11 Å². The van der Waals surface area contributed by atoms with Crippen molar-refractivity contribution in [2.45, 2.75) is 58.8 Å². The van der Waals surface area contributed by atoms with Crippen LogP contribution in [0.25, 0.3) is 0 Å². The predicted octanol–water partition coefficient (Wildman–Crippen LogP) is 5.64. The van der Waals surface area contributed by atoms with E-state index in [-0.39, 0.29) is 0 Å². The molecule has 0 aliphatic rings. The highest BCUT2D eigenvalue weighted by Gasteiger charge is 2.14. The Morgan fingerprint density at radius 3 is 2.23 bits per heavy atom. The molecule has 0 heterocycles. The zero-order chi connectivity index (χ0) is 15.9. The van der Waals surface area contributed by atoms with E-state index in [1.807, 2.05) is 18.2 Å². The summed E-state index contributed by atoms with van der Waals surface area (Å²) in [7, 11) is 0. The molecule has 1 atom stereocenters. The highest BCUT2D eigenvalue weighted by molar-refractivity contribution is 5.39. The quantitative estimate of drug-likeness (QED) is 0.700. The lowest BCUT2D eigenvalue weighted by Crippen LogP contribution is -2.05. The zero-order valence-corrected chi connectivity index (χ0v) is 14.1. The molecule has 1 unspecified atom stereocenters. The lowest BCUT2D eigenvalue weighted by molar-refractivity contribution is 0.462. The van der Waals surface area contributed by atoms with Gasteiger partial charge in [-0.3, -0.25) is 0 Å². The fourth-order valence-corrected chi connectivity index (χ4v) is 3.30. The van der Waals surface area contributed by atoms with Gasteiger partial charge in [0.1, 0.15) is 5.75 Å². The summed E-state index contributed by atoms with van der Waals surface area (Å²) in [5, 5.41) is 10.1. The van der Waals surface area contributed by atoms with E-state index in [9.17, 15) is 5.11 Å². The molecule has 1 N–H and O–H groups in total. The SMILES string of the molecule is CCCc1cccc(CC(C)c2ccccc2O)c1CCC. The van der Waals surface area contributed by atoms with Crippen LogP contribution >= 0.6 is 0 Å². The van der Waals surface area contributed by atoms with E-state index in [4.69, 9.17) is 0 Å². The first-order valence-corrected chi connectivity index (χ1v) is 8.54. The summed E-state index contributed by atoms with van der Waals surface area (Å²) in [5.74, 6) is 0.741. The summed E-state index contributed by atoms with van der Waals surface area (Å²) in [5.41, 5.74) is 5.54. The predicted molar refractivity (Wildman–Crippen MR) is 94.7 cm³/mol. The number of benzene rings is 2. The number of aromatic hydroxyl groups is 1. The zero-order valence-electron chi connectivity index (χ0n) is 14.1. The van der Waals surface area contributed by atoms with Gasteiger partial charge < -0.3 is 5.11 Å². The van der Waals surface area contributed by atoms with Crippen molar-refractivity contribution in [3.05, 3.63) is 64.7 Å². The Kier molecular flexibility index (Phi) is 6.06. The van der Waals surface area contributed by atoms with Crippen molar-refractivity contribution in [3.8, 4) is 5.75 Å². The Balaban J connectivity index is 2.28. The Hall–Kier alpha value is -1.76. The lowest BCUT2D eigenvalue weighted by atomic mass is 9.87. The molecule has 0 amide bonds. The second kappa shape index (κ2) is 8.03. The Morgan fingerprint density at radius 2 is 1.55 bits per heavy atom. The molecular formula is C21H28O. The molecule has 0 saturated carbocycles. The molecule has 0 aliphatic heterocycles. The van der Waals surface area contributed by atoms with Crippen molar-refractivity contribution in [1.82, 2.24) is 0 Å². The van der Waals surface area contributed by atoms with E-state index in [2.05, 4.69) is 39.0 Å². The largest absolute Gasteiger partial charge is 0.508 e. The van der Waals surface area contributed by atoms with Crippen LogP contribution < -0.4 is 0 Å². The van der Waals surface area contributed by atoms with Crippen LogP contribution in [0.2, 0.25) is 0 Å². The van der Waals surface area contributed by atoms with Gasteiger partial charge in [-0.25, -0.2) is 0 Å². The minimum absolute atomic E-state index is 0.327. The molecule has 0 radical (unpaired) electrons. The van der Waals surface area contributed by atoms with Crippen molar-refractivity contribution in [1.29, 1.82) is 0 Å². The van der Waals surface area contributed by atoms with Gasteiger partial charge in [0.2, 0.25) is 0 Å². The first-order chi connectivity index (χ1) is 10.7. The topological polar surface area (TPSA) is 20.2 Å². The van der Waals surface area contributed by atoms with Crippen LogP contribution in [0.15, 0.2) is 42.5 Å². The van der Waals surface area contributed by atoms with Crippen LogP contribution in [0, 0.1) is 0 Å². The minimum Gasteiger partial charge on any atom is -0.508 e.